The molecule has 1 nitrogen and oxygen atoms in total. The molecule has 0 saturated heterocycles. The average Bonchev–Trinajstić information content (AvgIpc) is 1.92. The van der Waals surface area contributed by atoms with Crippen LogP contribution in [0.3, 0.4) is 0 Å². The lowest BCUT2D eigenvalue weighted by Gasteiger charge is -2.06. The molecule has 1 aromatic carbocycles. The summed E-state index contributed by atoms with van der Waals surface area (Å²) >= 11 is 0. The molecule has 0 saturated carbocycles. The van der Waals surface area contributed by atoms with Crippen molar-refractivity contribution in [1.29, 1.82) is 0 Å². The Balaban J connectivity index is 3.26. The largest absolute Gasteiger partial charge is 0.419 e. The SMILES string of the molecule is [O]c1cccc(C(F)(F)F)c1F. The van der Waals surface area contributed by atoms with Gasteiger partial charge in [-0.25, -0.2) is 4.39 Å². The average molecular weight is 179 g/mol. The number of halogens is 4. The number of rotatable bonds is 0. The first-order chi connectivity index (χ1) is 5.43. The van der Waals surface area contributed by atoms with Crippen LogP contribution in [0.5, 0.6) is 5.75 Å². The Labute approximate surface area is 65.3 Å². The van der Waals surface area contributed by atoms with Gasteiger partial charge in [0.1, 0.15) is 0 Å². The van der Waals surface area contributed by atoms with Crippen molar-refractivity contribution in [2.24, 2.45) is 0 Å². The summed E-state index contributed by atoms with van der Waals surface area (Å²) in [5, 5.41) is 10.4. The fraction of sp³-hybridized carbons (Fsp3) is 0.143. The molecule has 1 radical (unpaired) electrons. The molecule has 0 aliphatic carbocycles. The van der Waals surface area contributed by atoms with Gasteiger partial charge in [-0.15, -0.1) is 0 Å². The standard InChI is InChI=1S/C7H3F4O/c8-6-4(7(9,10)11)2-1-3-5(6)12/h1-3H. The second-order valence-electron chi connectivity index (χ2n) is 2.12. The molecule has 0 aliphatic heterocycles. The van der Waals surface area contributed by atoms with Crippen molar-refractivity contribution in [1.82, 2.24) is 0 Å². The normalized spacial score (nSPS) is 11.7. The number of benzene rings is 1. The molecule has 12 heavy (non-hydrogen) atoms. The summed E-state index contributed by atoms with van der Waals surface area (Å²) < 4.78 is 48.0. The minimum absolute atomic E-state index is 0.525. The van der Waals surface area contributed by atoms with Crippen molar-refractivity contribution in [3.05, 3.63) is 29.6 Å². The predicted octanol–water partition coefficient (Wildman–Crippen LogP) is 2.99. The lowest BCUT2D eigenvalue weighted by atomic mass is 10.2. The van der Waals surface area contributed by atoms with Gasteiger partial charge >= 0.3 is 6.18 Å². The van der Waals surface area contributed by atoms with Gasteiger partial charge in [0.05, 0.1) is 5.56 Å². The minimum Gasteiger partial charge on any atom is -0.287 e. The second kappa shape index (κ2) is 2.66. The highest BCUT2D eigenvalue weighted by Crippen LogP contribution is 2.34. The maximum absolute atomic E-state index is 12.5. The molecule has 0 aromatic heterocycles. The van der Waals surface area contributed by atoms with Gasteiger partial charge in [0.25, 0.3) is 0 Å². The molecule has 5 heteroatoms. The topological polar surface area (TPSA) is 19.9 Å². The van der Waals surface area contributed by atoms with E-state index in [2.05, 4.69) is 0 Å². The van der Waals surface area contributed by atoms with Crippen LogP contribution >= 0.6 is 0 Å². The number of hydrogen-bond donors (Lipinski definition) is 0. The summed E-state index contributed by atoms with van der Waals surface area (Å²) in [6.45, 7) is 0. The van der Waals surface area contributed by atoms with Gasteiger partial charge in [0, 0.05) is 0 Å². The Morgan fingerprint density at radius 3 is 2.17 bits per heavy atom. The van der Waals surface area contributed by atoms with Crippen LogP contribution in [0.2, 0.25) is 0 Å². The second-order valence-corrected chi connectivity index (χ2v) is 2.12. The van der Waals surface area contributed by atoms with Crippen LogP contribution in [0, 0.1) is 5.82 Å². The maximum Gasteiger partial charge on any atom is 0.419 e. The van der Waals surface area contributed by atoms with Crippen molar-refractivity contribution >= 4 is 0 Å². The van der Waals surface area contributed by atoms with Crippen LogP contribution in [0.25, 0.3) is 0 Å². The Morgan fingerprint density at radius 2 is 1.75 bits per heavy atom. The van der Waals surface area contributed by atoms with Crippen molar-refractivity contribution in [3.8, 4) is 5.75 Å². The van der Waals surface area contributed by atoms with Crippen molar-refractivity contribution in [2.75, 3.05) is 0 Å². The molecule has 0 aliphatic rings. The first-order valence-corrected chi connectivity index (χ1v) is 2.95. The van der Waals surface area contributed by atoms with E-state index in [4.69, 9.17) is 0 Å². The van der Waals surface area contributed by atoms with Crippen LogP contribution in [-0.2, 0) is 11.3 Å². The van der Waals surface area contributed by atoms with Crippen molar-refractivity contribution in [2.45, 2.75) is 6.18 Å². The lowest BCUT2D eigenvalue weighted by Crippen LogP contribution is -2.07. The van der Waals surface area contributed by atoms with Crippen LogP contribution < -0.4 is 0 Å². The van der Waals surface area contributed by atoms with E-state index < -0.39 is 23.3 Å². The lowest BCUT2D eigenvalue weighted by molar-refractivity contribution is -0.140. The van der Waals surface area contributed by atoms with Gasteiger partial charge in [-0.2, -0.15) is 13.2 Å². The van der Waals surface area contributed by atoms with E-state index in [9.17, 15) is 22.7 Å². The van der Waals surface area contributed by atoms with Crippen molar-refractivity contribution in [3.63, 3.8) is 0 Å². The van der Waals surface area contributed by atoms with Crippen LogP contribution in [0.4, 0.5) is 17.6 Å². The van der Waals surface area contributed by atoms with E-state index in [1.165, 1.54) is 0 Å². The summed E-state index contributed by atoms with van der Waals surface area (Å²) in [5.74, 6) is -2.99. The highest BCUT2D eigenvalue weighted by atomic mass is 19.4. The van der Waals surface area contributed by atoms with Crippen LogP contribution in [-0.4, -0.2) is 0 Å². The molecule has 0 spiro atoms. The molecule has 0 heterocycles. The quantitative estimate of drug-likeness (QED) is 0.545. The first-order valence-electron chi connectivity index (χ1n) is 2.95. The first kappa shape index (κ1) is 8.83. The zero-order valence-corrected chi connectivity index (χ0v) is 5.65. The monoisotopic (exact) mass is 179 g/mol. The Kier molecular flexibility index (Phi) is 1.95. The van der Waals surface area contributed by atoms with E-state index in [0.29, 0.717) is 6.07 Å². The highest BCUT2D eigenvalue weighted by molar-refractivity contribution is 5.31. The summed E-state index contributed by atoms with van der Waals surface area (Å²) in [6, 6.07) is 2.13. The number of hydrogen-bond acceptors (Lipinski definition) is 0. The number of alkyl halides is 3. The molecule has 0 bridgehead atoms. The van der Waals surface area contributed by atoms with E-state index in [0.717, 1.165) is 12.1 Å². The summed E-state index contributed by atoms with van der Waals surface area (Å²) in [4.78, 5) is 0. The van der Waals surface area contributed by atoms with Gasteiger partial charge in [0.2, 0.25) is 5.75 Å². The Bertz CT molecular complexity index is 292. The highest BCUT2D eigenvalue weighted by Gasteiger charge is 2.35. The molecule has 1 rings (SSSR count). The molecule has 65 valence electrons. The zero-order chi connectivity index (χ0) is 9.35. The zero-order valence-electron chi connectivity index (χ0n) is 5.65. The summed E-state index contributed by atoms with van der Waals surface area (Å²) in [7, 11) is 0. The molecule has 0 unspecified atom stereocenters. The molecule has 0 N–H and O–H groups in total. The smallest absolute Gasteiger partial charge is 0.287 e. The molecular formula is C7H3F4O. The fourth-order valence-electron chi connectivity index (χ4n) is 0.730. The summed E-state index contributed by atoms with van der Waals surface area (Å²) in [6.07, 6.45) is -4.80. The van der Waals surface area contributed by atoms with Gasteiger partial charge in [-0.1, -0.05) is 6.07 Å². The van der Waals surface area contributed by atoms with Gasteiger partial charge < -0.3 is 0 Å². The van der Waals surface area contributed by atoms with Gasteiger partial charge in [-0.3, -0.25) is 5.11 Å². The Morgan fingerprint density at radius 1 is 1.17 bits per heavy atom. The third-order valence-electron chi connectivity index (χ3n) is 1.27. The third-order valence-corrected chi connectivity index (χ3v) is 1.27. The van der Waals surface area contributed by atoms with E-state index in [1.807, 2.05) is 0 Å². The van der Waals surface area contributed by atoms with Crippen LogP contribution in [0.15, 0.2) is 18.2 Å². The molecule has 0 atom stereocenters. The van der Waals surface area contributed by atoms with Gasteiger partial charge in [-0.05, 0) is 12.1 Å². The molecule has 0 fully saturated rings. The fourth-order valence-corrected chi connectivity index (χ4v) is 0.730. The molecule has 1 aromatic rings. The van der Waals surface area contributed by atoms with E-state index >= 15 is 0 Å². The molecular weight excluding hydrogens is 176 g/mol. The van der Waals surface area contributed by atoms with Crippen LogP contribution in [0.1, 0.15) is 5.56 Å². The van der Waals surface area contributed by atoms with E-state index in [-0.39, 0.29) is 0 Å². The molecule has 0 amide bonds. The predicted molar refractivity (Wildman–Crippen MR) is 31.5 cm³/mol. The summed E-state index contributed by atoms with van der Waals surface area (Å²) in [5.41, 5.74) is -1.52. The maximum atomic E-state index is 12.5. The van der Waals surface area contributed by atoms with E-state index in [1.54, 1.807) is 0 Å². The van der Waals surface area contributed by atoms with Gasteiger partial charge in [0.15, 0.2) is 5.82 Å². The minimum atomic E-state index is -4.80. The Hall–Kier alpha value is -1.26. The van der Waals surface area contributed by atoms with Crippen molar-refractivity contribution < 1.29 is 22.7 Å². The third kappa shape index (κ3) is 1.49.